The molecule has 4 nitrogen and oxygen atoms in total. The van der Waals surface area contributed by atoms with Gasteiger partial charge in [-0.25, -0.2) is 0 Å². The van der Waals surface area contributed by atoms with Crippen LogP contribution in [-0.4, -0.2) is 9.13 Å². The van der Waals surface area contributed by atoms with Crippen LogP contribution in [0.2, 0.25) is 0 Å². The van der Waals surface area contributed by atoms with Gasteiger partial charge in [-0.15, -0.1) is 0 Å². The fraction of sp³-hybridized carbons (Fsp3) is 0.178. The molecule has 0 saturated carbocycles. The van der Waals surface area contributed by atoms with Gasteiger partial charge in [-0.05, 0) is 70.5 Å². The molecule has 0 radical (unpaired) electrons. The zero-order chi connectivity index (χ0) is 33.8. The van der Waals surface area contributed by atoms with Crippen molar-refractivity contribution in [3.63, 3.8) is 0 Å². The average Bonchev–Trinajstić information content (AvgIpc) is 3.60. The molecular weight excluding hydrogens is 601 g/mol. The van der Waals surface area contributed by atoms with Crippen LogP contribution in [0, 0.1) is 0 Å². The van der Waals surface area contributed by atoms with E-state index in [0.29, 0.717) is 21.9 Å². The van der Waals surface area contributed by atoms with Crippen LogP contribution in [0.15, 0.2) is 131 Å². The lowest BCUT2D eigenvalue weighted by atomic mass is 9.84. The largest absolute Gasteiger partial charge is 0.456 e. The van der Waals surface area contributed by atoms with Crippen LogP contribution in [-0.2, 0) is 10.8 Å². The van der Waals surface area contributed by atoms with E-state index in [2.05, 4.69) is 160 Å². The molecule has 49 heavy (non-hydrogen) atoms. The Hall–Kier alpha value is -5.61. The Kier molecular flexibility index (Phi) is 6.14. The Balaban J connectivity index is 1.46. The third-order valence-electron chi connectivity index (χ3n) is 10.2. The first-order valence-corrected chi connectivity index (χ1v) is 17.1. The van der Waals surface area contributed by atoms with Crippen molar-refractivity contribution < 1.29 is 4.42 Å². The molecule has 4 heteroatoms. The summed E-state index contributed by atoms with van der Waals surface area (Å²) in [6.07, 6.45) is 0. The number of hydrogen-bond acceptors (Lipinski definition) is 2. The van der Waals surface area contributed by atoms with E-state index in [1.807, 2.05) is 12.1 Å². The lowest BCUT2D eigenvalue weighted by Gasteiger charge is -2.25. The van der Waals surface area contributed by atoms with Crippen LogP contribution < -0.4 is 5.43 Å². The SMILES string of the molecule is CC(C)(C)c1ccc2oc3cc(-n4c5ccccc5c5ccc6c(c7ccccc7n6-c6ccccc6)c54)c(C(C)(C)C)cc3c(=O)c2c1. The van der Waals surface area contributed by atoms with E-state index in [1.54, 1.807) is 0 Å². The van der Waals surface area contributed by atoms with Crippen LogP contribution in [0.4, 0.5) is 0 Å². The third kappa shape index (κ3) is 4.33. The van der Waals surface area contributed by atoms with Gasteiger partial charge in [-0.3, -0.25) is 4.79 Å². The summed E-state index contributed by atoms with van der Waals surface area (Å²) < 4.78 is 11.4. The quantitative estimate of drug-likeness (QED) is 0.177. The van der Waals surface area contributed by atoms with E-state index >= 15 is 0 Å². The Bertz CT molecular complexity index is 2850. The standard InChI is InChI=1S/C45H38N2O2/c1-44(2,3)27-20-23-39-32(24-27)43(48)33-25-34(45(4,5)6)38(26-40(33)49-39)47-35-18-12-10-16-29(35)30-21-22-37-41(42(30)47)31-17-11-13-19-36(31)46(37)28-14-8-7-9-15-28/h7-26H,1-6H3. The second kappa shape index (κ2) is 10.2. The van der Waals surface area contributed by atoms with Crippen molar-refractivity contribution in [2.24, 2.45) is 0 Å². The molecule has 0 N–H and O–H groups in total. The predicted octanol–water partition coefficient (Wildman–Crippen LogP) is 11.7. The molecule has 0 spiro atoms. The number of benzene rings is 6. The normalized spacial score (nSPS) is 12.8. The van der Waals surface area contributed by atoms with Crippen LogP contribution in [0.25, 0.3) is 76.9 Å². The molecule has 0 unspecified atom stereocenters. The average molecular weight is 639 g/mol. The minimum atomic E-state index is -0.276. The van der Waals surface area contributed by atoms with Crippen molar-refractivity contribution >= 4 is 65.6 Å². The van der Waals surface area contributed by atoms with Crippen LogP contribution >= 0.6 is 0 Å². The summed E-state index contributed by atoms with van der Waals surface area (Å²) in [6.45, 7) is 13.2. The zero-order valence-electron chi connectivity index (χ0n) is 28.8. The maximum absolute atomic E-state index is 14.3. The summed E-state index contributed by atoms with van der Waals surface area (Å²) in [7, 11) is 0. The molecule has 3 heterocycles. The highest BCUT2D eigenvalue weighted by Gasteiger charge is 2.27. The highest BCUT2D eigenvalue weighted by molar-refractivity contribution is 6.26. The molecule has 240 valence electrons. The fourth-order valence-corrected chi connectivity index (χ4v) is 7.76. The lowest BCUT2D eigenvalue weighted by Crippen LogP contribution is -2.17. The summed E-state index contributed by atoms with van der Waals surface area (Å²) in [5.74, 6) is 0. The smallest absolute Gasteiger partial charge is 0.200 e. The molecule has 0 saturated heterocycles. The maximum Gasteiger partial charge on any atom is 0.200 e. The second-order valence-corrected chi connectivity index (χ2v) is 15.4. The highest BCUT2D eigenvalue weighted by atomic mass is 16.3. The Morgan fingerprint density at radius 2 is 1.16 bits per heavy atom. The van der Waals surface area contributed by atoms with E-state index in [9.17, 15) is 4.79 Å². The molecule has 9 aromatic rings. The van der Waals surface area contributed by atoms with Crippen molar-refractivity contribution in [3.8, 4) is 11.4 Å². The van der Waals surface area contributed by atoms with Gasteiger partial charge >= 0.3 is 0 Å². The van der Waals surface area contributed by atoms with Crippen LogP contribution in [0.1, 0.15) is 52.7 Å². The molecule has 9 rings (SSSR count). The van der Waals surface area contributed by atoms with Crippen molar-refractivity contribution in [1.82, 2.24) is 9.13 Å². The minimum Gasteiger partial charge on any atom is -0.456 e. The number of rotatable bonds is 2. The molecule has 6 aromatic carbocycles. The van der Waals surface area contributed by atoms with Crippen LogP contribution in [0.5, 0.6) is 0 Å². The van der Waals surface area contributed by atoms with Gasteiger partial charge in [-0.1, -0.05) is 108 Å². The number of nitrogens with zero attached hydrogens (tertiary/aromatic N) is 2. The molecule has 0 fully saturated rings. The number of fused-ring (bicyclic) bond motifs is 9. The molecule has 0 aliphatic rings. The van der Waals surface area contributed by atoms with Gasteiger partial charge in [0.15, 0.2) is 0 Å². The number of aromatic nitrogens is 2. The van der Waals surface area contributed by atoms with E-state index in [-0.39, 0.29) is 16.3 Å². The zero-order valence-corrected chi connectivity index (χ0v) is 28.8. The second-order valence-electron chi connectivity index (χ2n) is 15.4. The Morgan fingerprint density at radius 3 is 1.88 bits per heavy atom. The summed E-state index contributed by atoms with van der Waals surface area (Å²) in [5.41, 5.74) is 9.76. The van der Waals surface area contributed by atoms with Gasteiger partial charge in [0.05, 0.1) is 38.5 Å². The van der Waals surface area contributed by atoms with Crippen molar-refractivity contribution in [2.45, 2.75) is 52.4 Å². The van der Waals surface area contributed by atoms with Crippen molar-refractivity contribution in [3.05, 3.63) is 143 Å². The number of para-hydroxylation sites is 3. The van der Waals surface area contributed by atoms with Gasteiger partial charge in [0, 0.05) is 33.3 Å². The lowest BCUT2D eigenvalue weighted by molar-refractivity contribution is 0.586. The first-order valence-electron chi connectivity index (χ1n) is 17.1. The molecule has 0 atom stereocenters. The summed E-state index contributed by atoms with van der Waals surface area (Å²) in [5, 5.41) is 6.00. The molecule has 3 aromatic heterocycles. The molecule has 0 aliphatic heterocycles. The third-order valence-corrected chi connectivity index (χ3v) is 10.2. The van der Waals surface area contributed by atoms with Gasteiger partial charge in [0.1, 0.15) is 11.2 Å². The molecule has 0 bridgehead atoms. The highest BCUT2D eigenvalue weighted by Crippen LogP contribution is 2.44. The monoisotopic (exact) mass is 638 g/mol. The predicted molar refractivity (Wildman–Crippen MR) is 206 cm³/mol. The van der Waals surface area contributed by atoms with Crippen molar-refractivity contribution in [1.29, 1.82) is 0 Å². The van der Waals surface area contributed by atoms with Gasteiger partial charge < -0.3 is 13.6 Å². The minimum absolute atomic E-state index is 0.00921. The first-order chi connectivity index (χ1) is 23.5. The molecule has 0 amide bonds. The van der Waals surface area contributed by atoms with E-state index < -0.39 is 0 Å². The molecule has 0 aliphatic carbocycles. The van der Waals surface area contributed by atoms with E-state index in [4.69, 9.17) is 4.42 Å². The van der Waals surface area contributed by atoms with Gasteiger partial charge in [0.2, 0.25) is 5.43 Å². The van der Waals surface area contributed by atoms with Gasteiger partial charge in [-0.2, -0.15) is 0 Å². The van der Waals surface area contributed by atoms with Crippen molar-refractivity contribution in [2.75, 3.05) is 0 Å². The Morgan fingerprint density at radius 1 is 0.510 bits per heavy atom. The summed E-state index contributed by atoms with van der Waals surface area (Å²) in [6, 6.07) is 42.7. The summed E-state index contributed by atoms with van der Waals surface area (Å²) in [4.78, 5) is 14.3. The fourth-order valence-electron chi connectivity index (χ4n) is 7.76. The van der Waals surface area contributed by atoms with Crippen LogP contribution in [0.3, 0.4) is 0 Å². The molecular formula is C45H38N2O2. The summed E-state index contributed by atoms with van der Waals surface area (Å²) >= 11 is 0. The van der Waals surface area contributed by atoms with E-state index in [1.165, 1.54) is 21.5 Å². The van der Waals surface area contributed by atoms with E-state index in [0.717, 1.165) is 44.6 Å². The first kappa shape index (κ1) is 29.5. The Labute approximate surface area is 284 Å². The number of hydrogen-bond donors (Lipinski definition) is 0. The topological polar surface area (TPSA) is 40.1 Å². The van der Waals surface area contributed by atoms with Gasteiger partial charge in [0.25, 0.3) is 0 Å². The maximum atomic E-state index is 14.3.